The maximum absolute atomic E-state index is 11.7. The number of H-pyrrole nitrogens is 1. The molecule has 5 N–H and O–H groups in total. The zero-order valence-corrected chi connectivity index (χ0v) is 9.19. The Morgan fingerprint density at radius 3 is 3.00 bits per heavy atom. The van der Waals surface area contributed by atoms with E-state index in [2.05, 4.69) is 20.7 Å². The summed E-state index contributed by atoms with van der Waals surface area (Å²) < 4.78 is 0. The molecule has 0 aliphatic heterocycles. The van der Waals surface area contributed by atoms with Crippen LogP contribution in [-0.2, 0) is 0 Å². The number of amidine groups is 1. The number of amides is 1. The van der Waals surface area contributed by atoms with Crippen molar-refractivity contribution in [3.05, 3.63) is 17.5 Å². The Morgan fingerprint density at radius 2 is 2.50 bits per heavy atom. The third-order valence-electron chi connectivity index (χ3n) is 2.10. The molecule has 0 saturated heterocycles. The summed E-state index contributed by atoms with van der Waals surface area (Å²) in [5.41, 5.74) is 6.52. The monoisotopic (exact) mass is 225 g/mol. The van der Waals surface area contributed by atoms with E-state index in [1.807, 2.05) is 0 Å². The van der Waals surface area contributed by atoms with E-state index in [4.69, 9.17) is 10.9 Å². The number of carbonyl (C=O) groups excluding carboxylic acids is 1. The highest BCUT2D eigenvalue weighted by atomic mass is 16.4. The van der Waals surface area contributed by atoms with Crippen molar-refractivity contribution in [3.63, 3.8) is 0 Å². The lowest BCUT2D eigenvalue weighted by Gasteiger charge is -2.12. The molecule has 1 atom stereocenters. The van der Waals surface area contributed by atoms with E-state index in [0.29, 0.717) is 17.7 Å². The molecule has 0 radical (unpaired) electrons. The molecule has 0 fully saturated rings. The number of aromatic amines is 1. The molecule has 0 aliphatic carbocycles. The second kappa shape index (κ2) is 5.15. The summed E-state index contributed by atoms with van der Waals surface area (Å²) in [7, 11) is 0. The van der Waals surface area contributed by atoms with Crippen LogP contribution in [0.25, 0.3) is 0 Å². The van der Waals surface area contributed by atoms with E-state index in [1.165, 1.54) is 6.20 Å². The summed E-state index contributed by atoms with van der Waals surface area (Å²) in [5, 5.41) is 20.4. The van der Waals surface area contributed by atoms with Crippen LogP contribution in [-0.4, -0.2) is 33.2 Å². The highest BCUT2D eigenvalue weighted by molar-refractivity contribution is 5.95. The lowest BCUT2D eigenvalue weighted by molar-refractivity contribution is 0.0940. The fraction of sp³-hybridized carbons (Fsp3) is 0.444. The summed E-state index contributed by atoms with van der Waals surface area (Å²) in [4.78, 5) is 11.7. The third kappa shape index (κ3) is 2.97. The average Bonchev–Trinajstić information content (AvgIpc) is 2.63. The Kier molecular flexibility index (Phi) is 3.87. The van der Waals surface area contributed by atoms with Gasteiger partial charge in [0.25, 0.3) is 5.91 Å². The van der Waals surface area contributed by atoms with Gasteiger partial charge in [-0.05, 0) is 13.8 Å². The molecule has 1 unspecified atom stereocenters. The minimum Gasteiger partial charge on any atom is -0.409 e. The zero-order chi connectivity index (χ0) is 12.1. The van der Waals surface area contributed by atoms with Crippen LogP contribution in [0.5, 0.6) is 0 Å². The predicted octanol–water partition coefficient (Wildman–Crippen LogP) is -0.0271. The number of rotatable bonds is 4. The van der Waals surface area contributed by atoms with Crippen LogP contribution in [0.15, 0.2) is 11.4 Å². The minimum atomic E-state index is -0.232. The first-order valence-corrected chi connectivity index (χ1v) is 4.81. The molecule has 0 aliphatic rings. The standard InChI is InChI=1S/C9H15N5O2/c1-5(3-8(10)14-16)12-9(15)7-4-11-13-6(7)2/h4-5,16H,3H2,1-2H3,(H2,10,14)(H,11,13)(H,12,15). The van der Waals surface area contributed by atoms with E-state index < -0.39 is 0 Å². The van der Waals surface area contributed by atoms with Crippen LogP contribution in [0.3, 0.4) is 0 Å². The number of hydrogen-bond donors (Lipinski definition) is 4. The van der Waals surface area contributed by atoms with Crippen LogP contribution in [0.2, 0.25) is 0 Å². The van der Waals surface area contributed by atoms with Crippen LogP contribution in [0.4, 0.5) is 0 Å². The van der Waals surface area contributed by atoms with Crippen molar-refractivity contribution < 1.29 is 10.0 Å². The first-order chi connectivity index (χ1) is 7.54. The van der Waals surface area contributed by atoms with Gasteiger partial charge in [-0.2, -0.15) is 5.10 Å². The SMILES string of the molecule is Cc1[nH]ncc1C(=O)NC(C)CC(N)=NO. The van der Waals surface area contributed by atoms with Crippen LogP contribution < -0.4 is 11.1 Å². The van der Waals surface area contributed by atoms with Gasteiger partial charge in [-0.3, -0.25) is 9.89 Å². The number of nitrogens with two attached hydrogens (primary N) is 1. The summed E-state index contributed by atoms with van der Waals surface area (Å²) >= 11 is 0. The Morgan fingerprint density at radius 1 is 1.81 bits per heavy atom. The quantitative estimate of drug-likeness (QED) is 0.249. The predicted molar refractivity (Wildman–Crippen MR) is 58.3 cm³/mol. The Bertz CT molecular complexity index is 398. The minimum absolute atomic E-state index is 0.0803. The van der Waals surface area contributed by atoms with Crippen LogP contribution >= 0.6 is 0 Å². The van der Waals surface area contributed by atoms with Crippen molar-refractivity contribution >= 4 is 11.7 Å². The van der Waals surface area contributed by atoms with E-state index >= 15 is 0 Å². The van der Waals surface area contributed by atoms with Crippen molar-refractivity contribution in [2.45, 2.75) is 26.3 Å². The van der Waals surface area contributed by atoms with E-state index in [9.17, 15) is 4.79 Å². The fourth-order valence-corrected chi connectivity index (χ4v) is 1.29. The van der Waals surface area contributed by atoms with Crippen molar-refractivity contribution in [3.8, 4) is 0 Å². The van der Waals surface area contributed by atoms with Gasteiger partial charge in [0, 0.05) is 18.2 Å². The molecule has 0 aromatic carbocycles. The van der Waals surface area contributed by atoms with E-state index in [1.54, 1.807) is 13.8 Å². The van der Waals surface area contributed by atoms with Gasteiger partial charge in [0.1, 0.15) is 5.84 Å². The van der Waals surface area contributed by atoms with Crippen LogP contribution in [0, 0.1) is 6.92 Å². The van der Waals surface area contributed by atoms with Gasteiger partial charge in [0.05, 0.1) is 11.8 Å². The molecular formula is C9H15N5O2. The summed E-state index contributed by atoms with van der Waals surface area (Å²) in [6.07, 6.45) is 1.75. The van der Waals surface area contributed by atoms with Crippen molar-refractivity contribution in [1.82, 2.24) is 15.5 Å². The first-order valence-electron chi connectivity index (χ1n) is 4.81. The molecular weight excluding hydrogens is 210 g/mol. The van der Waals surface area contributed by atoms with Crippen molar-refractivity contribution in [2.75, 3.05) is 0 Å². The maximum Gasteiger partial charge on any atom is 0.254 e. The Hall–Kier alpha value is -2.05. The van der Waals surface area contributed by atoms with Gasteiger partial charge < -0.3 is 16.3 Å². The molecule has 0 bridgehead atoms. The van der Waals surface area contributed by atoms with Crippen molar-refractivity contribution in [1.29, 1.82) is 0 Å². The fourth-order valence-electron chi connectivity index (χ4n) is 1.29. The number of hydrogen-bond acceptors (Lipinski definition) is 4. The Labute approximate surface area is 92.7 Å². The molecule has 88 valence electrons. The second-order valence-electron chi connectivity index (χ2n) is 3.58. The molecule has 1 aromatic rings. The van der Waals surface area contributed by atoms with E-state index in [-0.39, 0.29) is 17.8 Å². The Balaban J connectivity index is 2.55. The maximum atomic E-state index is 11.7. The number of aryl methyl sites for hydroxylation is 1. The summed E-state index contributed by atoms with van der Waals surface area (Å²) in [5.74, 6) is -0.152. The lowest BCUT2D eigenvalue weighted by Crippen LogP contribution is -2.35. The molecule has 7 nitrogen and oxygen atoms in total. The molecule has 1 aromatic heterocycles. The smallest absolute Gasteiger partial charge is 0.254 e. The lowest BCUT2D eigenvalue weighted by atomic mass is 10.2. The van der Waals surface area contributed by atoms with Gasteiger partial charge >= 0.3 is 0 Å². The first kappa shape index (κ1) is 12.0. The van der Waals surface area contributed by atoms with E-state index in [0.717, 1.165) is 0 Å². The van der Waals surface area contributed by atoms with Gasteiger partial charge in [0.2, 0.25) is 0 Å². The van der Waals surface area contributed by atoms with Crippen LogP contribution in [0.1, 0.15) is 29.4 Å². The summed E-state index contributed by atoms with van der Waals surface area (Å²) in [6.45, 7) is 3.53. The van der Waals surface area contributed by atoms with Gasteiger partial charge in [-0.15, -0.1) is 0 Å². The number of oxime groups is 1. The average molecular weight is 225 g/mol. The molecule has 1 amide bonds. The van der Waals surface area contributed by atoms with Gasteiger partial charge in [-0.25, -0.2) is 0 Å². The molecule has 16 heavy (non-hydrogen) atoms. The normalized spacial score (nSPS) is 13.5. The molecule has 0 spiro atoms. The van der Waals surface area contributed by atoms with Crippen molar-refractivity contribution in [2.24, 2.45) is 10.9 Å². The second-order valence-corrected chi connectivity index (χ2v) is 3.58. The largest absolute Gasteiger partial charge is 0.409 e. The third-order valence-corrected chi connectivity index (χ3v) is 2.10. The molecule has 0 saturated carbocycles. The number of nitrogens with zero attached hydrogens (tertiary/aromatic N) is 2. The van der Waals surface area contributed by atoms with Gasteiger partial charge in [-0.1, -0.05) is 5.16 Å². The number of aromatic nitrogens is 2. The number of carbonyl (C=O) groups is 1. The number of nitrogens with one attached hydrogen (secondary N) is 2. The topological polar surface area (TPSA) is 116 Å². The molecule has 1 rings (SSSR count). The van der Waals surface area contributed by atoms with Gasteiger partial charge in [0.15, 0.2) is 0 Å². The summed E-state index contributed by atoms with van der Waals surface area (Å²) in [6, 6.07) is -0.210. The highest BCUT2D eigenvalue weighted by Gasteiger charge is 2.14. The zero-order valence-electron chi connectivity index (χ0n) is 9.19. The molecule has 1 heterocycles. The molecule has 7 heteroatoms. The highest BCUT2D eigenvalue weighted by Crippen LogP contribution is 2.03.